The maximum Gasteiger partial charge on any atom is 0.355 e. The fourth-order valence-electron chi connectivity index (χ4n) is 1.55. The Morgan fingerprint density at radius 1 is 1.32 bits per heavy atom. The highest BCUT2D eigenvalue weighted by atomic mass is 35.5. The zero-order valence-electron chi connectivity index (χ0n) is 9.44. The molecule has 1 heterocycles. The van der Waals surface area contributed by atoms with Crippen molar-refractivity contribution in [3.8, 4) is 11.4 Å². The van der Waals surface area contributed by atoms with Crippen molar-refractivity contribution >= 4 is 23.2 Å². The molecule has 0 atom stereocenters. The largest absolute Gasteiger partial charge is 0.506 e. The first-order valence-corrected chi connectivity index (χ1v) is 5.73. The van der Waals surface area contributed by atoms with Gasteiger partial charge in [0.25, 0.3) is 0 Å². The van der Waals surface area contributed by atoms with Crippen LogP contribution in [0.15, 0.2) is 16.9 Å². The van der Waals surface area contributed by atoms with Crippen molar-refractivity contribution in [3.05, 3.63) is 38.5 Å². The van der Waals surface area contributed by atoms with E-state index in [4.69, 9.17) is 23.2 Å². The van der Waals surface area contributed by atoms with Crippen LogP contribution in [0.3, 0.4) is 0 Å². The number of aryl methyl sites for hydroxylation is 1. The van der Waals surface area contributed by atoms with Crippen molar-refractivity contribution in [2.45, 2.75) is 13.5 Å². The highest BCUT2D eigenvalue weighted by molar-refractivity contribution is 6.36. The molecule has 5 nitrogen and oxygen atoms in total. The van der Waals surface area contributed by atoms with Crippen LogP contribution in [0.1, 0.15) is 12.4 Å². The zero-order chi connectivity index (χ0) is 14.3. The second-order valence-electron chi connectivity index (χ2n) is 3.64. The van der Waals surface area contributed by atoms with Gasteiger partial charge in [-0.1, -0.05) is 23.2 Å². The van der Waals surface area contributed by atoms with Gasteiger partial charge in [-0.05, 0) is 13.0 Å². The molecule has 0 amide bonds. The van der Waals surface area contributed by atoms with E-state index in [0.29, 0.717) is 4.68 Å². The SMILES string of the molecule is Cc1nn(-c2cc(O)c(Cl)cc2Cl)c(=O)n1C(F)F. The average Bonchev–Trinajstić information content (AvgIpc) is 2.59. The number of rotatable bonds is 2. The number of nitrogens with zero attached hydrogens (tertiary/aromatic N) is 3. The monoisotopic (exact) mass is 309 g/mol. The Hall–Kier alpha value is -1.60. The summed E-state index contributed by atoms with van der Waals surface area (Å²) in [6, 6.07) is 2.27. The molecule has 9 heteroatoms. The second-order valence-corrected chi connectivity index (χ2v) is 4.46. The Morgan fingerprint density at radius 2 is 1.95 bits per heavy atom. The minimum absolute atomic E-state index is 0.00353. The molecular formula is C10H7Cl2F2N3O2. The summed E-state index contributed by atoms with van der Waals surface area (Å²) in [7, 11) is 0. The van der Waals surface area contributed by atoms with E-state index in [-0.39, 0.29) is 31.9 Å². The minimum Gasteiger partial charge on any atom is -0.506 e. The van der Waals surface area contributed by atoms with E-state index in [1.54, 1.807) is 0 Å². The number of hydrogen-bond acceptors (Lipinski definition) is 3. The average molecular weight is 310 g/mol. The predicted molar refractivity (Wildman–Crippen MR) is 65.5 cm³/mol. The maximum atomic E-state index is 12.7. The van der Waals surface area contributed by atoms with Gasteiger partial charge in [-0.25, -0.2) is 9.36 Å². The smallest absolute Gasteiger partial charge is 0.355 e. The van der Waals surface area contributed by atoms with Gasteiger partial charge < -0.3 is 5.11 Å². The number of aromatic hydroxyl groups is 1. The standard InChI is InChI=1S/C10H7Cl2F2N3O2/c1-4-15-17(10(19)16(4)9(13)14)7-3-8(18)6(12)2-5(7)11/h2-3,9,18H,1H3. The molecule has 0 saturated carbocycles. The van der Waals surface area contributed by atoms with Gasteiger partial charge in [-0.3, -0.25) is 0 Å². The lowest BCUT2D eigenvalue weighted by Gasteiger charge is -2.05. The molecule has 19 heavy (non-hydrogen) atoms. The Labute approximate surface area is 115 Å². The molecule has 102 valence electrons. The Bertz CT molecular complexity index is 697. The fourth-order valence-corrected chi connectivity index (χ4v) is 2.01. The van der Waals surface area contributed by atoms with Crippen LogP contribution in [-0.4, -0.2) is 19.5 Å². The minimum atomic E-state index is -3.01. The van der Waals surface area contributed by atoms with Crippen molar-refractivity contribution < 1.29 is 13.9 Å². The lowest BCUT2D eigenvalue weighted by Crippen LogP contribution is -2.24. The molecule has 2 aromatic rings. The van der Waals surface area contributed by atoms with Gasteiger partial charge in [0.05, 0.1) is 15.7 Å². The summed E-state index contributed by atoms with van der Waals surface area (Å²) in [5.74, 6) is -0.511. The number of halogens is 4. The van der Waals surface area contributed by atoms with Crippen LogP contribution in [0, 0.1) is 6.92 Å². The summed E-state index contributed by atoms with van der Waals surface area (Å²) in [6.45, 7) is -1.76. The highest BCUT2D eigenvalue weighted by Crippen LogP contribution is 2.31. The summed E-state index contributed by atoms with van der Waals surface area (Å²) in [6.07, 6.45) is 0. The summed E-state index contributed by atoms with van der Waals surface area (Å²) >= 11 is 11.5. The van der Waals surface area contributed by atoms with E-state index < -0.39 is 12.2 Å². The molecule has 0 bridgehead atoms. The number of aromatic nitrogens is 3. The Balaban J connectivity index is 2.70. The molecule has 0 radical (unpaired) electrons. The molecule has 1 N–H and O–H groups in total. The van der Waals surface area contributed by atoms with Crippen LogP contribution >= 0.6 is 23.2 Å². The van der Waals surface area contributed by atoms with Crippen molar-refractivity contribution in [2.75, 3.05) is 0 Å². The van der Waals surface area contributed by atoms with Gasteiger partial charge in [-0.2, -0.15) is 13.5 Å². The second kappa shape index (κ2) is 4.82. The fraction of sp³-hybridized carbons (Fsp3) is 0.200. The number of benzene rings is 1. The molecule has 0 fully saturated rings. The van der Waals surface area contributed by atoms with Crippen LogP contribution in [0.5, 0.6) is 5.75 Å². The molecule has 0 saturated heterocycles. The third kappa shape index (κ3) is 2.31. The molecule has 2 rings (SSSR count). The first-order chi connectivity index (χ1) is 8.82. The van der Waals surface area contributed by atoms with Crippen LogP contribution in [-0.2, 0) is 0 Å². The van der Waals surface area contributed by atoms with Gasteiger partial charge in [0.1, 0.15) is 11.6 Å². The normalized spacial score (nSPS) is 11.3. The van der Waals surface area contributed by atoms with E-state index in [1.807, 2.05) is 0 Å². The molecule has 0 aliphatic carbocycles. The van der Waals surface area contributed by atoms with E-state index in [1.165, 1.54) is 13.0 Å². The van der Waals surface area contributed by atoms with Gasteiger partial charge in [-0.15, -0.1) is 5.10 Å². The van der Waals surface area contributed by atoms with Crippen LogP contribution < -0.4 is 5.69 Å². The molecule has 0 unspecified atom stereocenters. The summed E-state index contributed by atoms with van der Waals surface area (Å²) in [4.78, 5) is 11.8. The van der Waals surface area contributed by atoms with Gasteiger partial charge >= 0.3 is 12.2 Å². The number of hydrogen-bond donors (Lipinski definition) is 1. The maximum absolute atomic E-state index is 12.7. The van der Waals surface area contributed by atoms with Crippen molar-refractivity contribution in [2.24, 2.45) is 0 Å². The summed E-state index contributed by atoms with van der Waals surface area (Å²) in [5, 5.41) is 13.1. The lowest BCUT2D eigenvalue weighted by molar-refractivity contribution is 0.0640. The van der Waals surface area contributed by atoms with Gasteiger partial charge in [0.15, 0.2) is 0 Å². The summed E-state index contributed by atoms with van der Waals surface area (Å²) in [5.41, 5.74) is -1.09. The Morgan fingerprint density at radius 3 is 2.47 bits per heavy atom. The van der Waals surface area contributed by atoms with Crippen LogP contribution in [0.25, 0.3) is 5.69 Å². The third-order valence-corrected chi connectivity index (χ3v) is 3.03. The third-order valence-electron chi connectivity index (χ3n) is 2.42. The summed E-state index contributed by atoms with van der Waals surface area (Å²) < 4.78 is 26.2. The Kier molecular flexibility index (Phi) is 3.51. The van der Waals surface area contributed by atoms with Crippen LogP contribution in [0.4, 0.5) is 8.78 Å². The highest BCUT2D eigenvalue weighted by Gasteiger charge is 2.20. The molecule has 0 aliphatic rings. The molecule has 0 spiro atoms. The van der Waals surface area contributed by atoms with Crippen molar-refractivity contribution in [1.82, 2.24) is 14.3 Å². The lowest BCUT2D eigenvalue weighted by atomic mass is 10.3. The zero-order valence-corrected chi connectivity index (χ0v) is 11.0. The van der Waals surface area contributed by atoms with Gasteiger partial charge in [0.2, 0.25) is 0 Å². The topological polar surface area (TPSA) is 60.0 Å². The molecule has 1 aromatic carbocycles. The molecule has 0 aliphatic heterocycles. The number of phenols is 1. The molecule has 1 aromatic heterocycles. The van der Waals surface area contributed by atoms with Crippen molar-refractivity contribution in [3.63, 3.8) is 0 Å². The number of phenolic OH excluding ortho intramolecular Hbond substituents is 1. The van der Waals surface area contributed by atoms with Crippen molar-refractivity contribution in [1.29, 1.82) is 0 Å². The quantitative estimate of drug-likeness (QED) is 0.928. The number of alkyl halides is 2. The van der Waals surface area contributed by atoms with E-state index in [9.17, 15) is 18.7 Å². The van der Waals surface area contributed by atoms with Gasteiger partial charge in [0, 0.05) is 6.07 Å². The van der Waals surface area contributed by atoms with Crippen LogP contribution in [0.2, 0.25) is 10.0 Å². The first-order valence-electron chi connectivity index (χ1n) is 4.97. The predicted octanol–water partition coefficient (Wildman–Crippen LogP) is 2.75. The molecular weight excluding hydrogens is 303 g/mol. The van der Waals surface area contributed by atoms with E-state index in [2.05, 4.69) is 5.10 Å². The first kappa shape index (κ1) is 13.8. The van der Waals surface area contributed by atoms with E-state index >= 15 is 0 Å². The van der Waals surface area contributed by atoms with E-state index in [0.717, 1.165) is 6.07 Å².